The van der Waals surface area contributed by atoms with E-state index >= 15 is 0 Å². The van der Waals surface area contributed by atoms with Crippen molar-refractivity contribution < 1.29 is 14.6 Å². The number of nitro benzene ring substituents is 2. The first kappa shape index (κ1) is 23.3. The van der Waals surface area contributed by atoms with Crippen molar-refractivity contribution in [3.63, 3.8) is 0 Å². The molecule has 0 spiro atoms. The lowest BCUT2D eigenvalue weighted by Crippen LogP contribution is -2.11. The van der Waals surface area contributed by atoms with E-state index in [4.69, 9.17) is 0 Å². The van der Waals surface area contributed by atoms with Gasteiger partial charge in [-0.2, -0.15) is 5.10 Å². The van der Waals surface area contributed by atoms with Crippen LogP contribution in [0.2, 0.25) is 0 Å². The minimum atomic E-state index is -0.695. The van der Waals surface area contributed by atoms with E-state index in [1.807, 2.05) is 13.0 Å². The molecule has 0 atom stereocenters. The van der Waals surface area contributed by atoms with Crippen LogP contribution in [0.5, 0.6) is 0 Å². The number of hydrazone groups is 1. The molecule has 170 valence electrons. The molecule has 0 unspecified atom stereocenters. The first-order valence-electron chi connectivity index (χ1n) is 10.1. The maximum atomic E-state index is 12.0. The Hall–Kier alpha value is -4.41. The minimum absolute atomic E-state index is 0.0110. The van der Waals surface area contributed by atoms with E-state index in [0.717, 1.165) is 35.9 Å². The average Bonchev–Trinajstić information content (AvgIpc) is 3.22. The van der Waals surface area contributed by atoms with Crippen molar-refractivity contribution >= 4 is 29.1 Å². The number of nitro groups is 2. The fourth-order valence-electron chi connectivity index (χ4n) is 3.35. The highest BCUT2D eigenvalue weighted by Crippen LogP contribution is 2.31. The molecule has 0 saturated heterocycles. The standard InChI is InChI=1S/C22H22N6O5/c1-4-5-19-18(14(2)29)12-20(25-19)15-8-9-23-16(10-15)13-24-26(3)21-7-6-17(27(30)31)11-22(21)28(32)33/h6-13,25H,4-5H2,1-3H3/b24-13+. The van der Waals surface area contributed by atoms with Gasteiger partial charge in [0.15, 0.2) is 5.78 Å². The zero-order valence-electron chi connectivity index (χ0n) is 18.3. The number of aryl methyl sites for hydroxylation is 1. The summed E-state index contributed by atoms with van der Waals surface area (Å²) in [6, 6.07) is 8.73. The van der Waals surface area contributed by atoms with Gasteiger partial charge in [-0.25, -0.2) is 0 Å². The van der Waals surface area contributed by atoms with Crippen LogP contribution in [0, 0.1) is 20.2 Å². The molecule has 0 aliphatic carbocycles. The molecule has 3 aromatic rings. The van der Waals surface area contributed by atoms with Gasteiger partial charge in [0.05, 0.1) is 27.8 Å². The SMILES string of the molecule is CCCc1[nH]c(-c2ccnc(/C=N/N(C)c3ccc([N+](=O)[O-])cc3[N+](=O)[O-])c2)cc1C(C)=O. The number of Topliss-reactive ketones (excluding diaryl/α,β-unsaturated/α-hetero) is 1. The lowest BCUT2D eigenvalue weighted by molar-refractivity contribution is -0.393. The second kappa shape index (κ2) is 9.81. The Kier molecular flexibility index (Phi) is 6.91. The Balaban J connectivity index is 1.89. The summed E-state index contributed by atoms with van der Waals surface area (Å²) in [4.78, 5) is 40.4. The fraction of sp³-hybridized carbons (Fsp3) is 0.227. The number of carbonyl (C=O) groups is 1. The van der Waals surface area contributed by atoms with Crippen LogP contribution in [-0.2, 0) is 6.42 Å². The van der Waals surface area contributed by atoms with Gasteiger partial charge in [0, 0.05) is 41.8 Å². The van der Waals surface area contributed by atoms with E-state index in [2.05, 4.69) is 15.1 Å². The van der Waals surface area contributed by atoms with Crippen LogP contribution in [0.15, 0.2) is 47.7 Å². The summed E-state index contributed by atoms with van der Waals surface area (Å²) in [5, 5.41) is 27.7. The summed E-state index contributed by atoms with van der Waals surface area (Å²) in [5.41, 5.74) is 2.90. The molecule has 0 fully saturated rings. The van der Waals surface area contributed by atoms with E-state index in [0.29, 0.717) is 11.3 Å². The summed E-state index contributed by atoms with van der Waals surface area (Å²) >= 11 is 0. The third kappa shape index (κ3) is 5.26. The normalized spacial score (nSPS) is 11.0. The molecular weight excluding hydrogens is 428 g/mol. The number of non-ortho nitro benzene ring substituents is 1. The number of carbonyl (C=O) groups excluding carboxylic acids is 1. The van der Waals surface area contributed by atoms with Gasteiger partial charge in [-0.05, 0) is 37.6 Å². The van der Waals surface area contributed by atoms with Crippen molar-refractivity contribution in [3.05, 3.63) is 79.8 Å². The molecule has 0 aliphatic heterocycles. The molecule has 3 rings (SSSR count). The van der Waals surface area contributed by atoms with Crippen molar-refractivity contribution in [1.29, 1.82) is 0 Å². The van der Waals surface area contributed by atoms with Gasteiger partial charge in [-0.1, -0.05) is 13.3 Å². The molecule has 0 aliphatic rings. The van der Waals surface area contributed by atoms with Crippen LogP contribution >= 0.6 is 0 Å². The number of benzene rings is 1. The van der Waals surface area contributed by atoms with Crippen molar-refractivity contribution in [1.82, 2.24) is 9.97 Å². The molecule has 0 radical (unpaired) electrons. The maximum absolute atomic E-state index is 12.0. The number of ketones is 1. The second-order valence-corrected chi connectivity index (χ2v) is 7.31. The first-order chi connectivity index (χ1) is 15.7. The van der Waals surface area contributed by atoms with E-state index in [-0.39, 0.29) is 17.2 Å². The van der Waals surface area contributed by atoms with Gasteiger partial charge in [0.1, 0.15) is 5.69 Å². The largest absolute Gasteiger partial charge is 0.358 e. The Labute approximate surface area is 189 Å². The van der Waals surface area contributed by atoms with Gasteiger partial charge >= 0.3 is 5.69 Å². The fourth-order valence-corrected chi connectivity index (χ4v) is 3.35. The van der Waals surface area contributed by atoms with Gasteiger partial charge in [0.2, 0.25) is 0 Å². The van der Waals surface area contributed by atoms with Crippen LogP contribution in [-0.4, -0.2) is 38.9 Å². The molecule has 0 bridgehead atoms. The number of rotatable bonds is 9. The van der Waals surface area contributed by atoms with Crippen LogP contribution in [0.1, 0.15) is 42.0 Å². The van der Waals surface area contributed by atoms with Crippen LogP contribution < -0.4 is 5.01 Å². The van der Waals surface area contributed by atoms with Crippen LogP contribution in [0.3, 0.4) is 0 Å². The predicted molar refractivity (Wildman–Crippen MR) is 124 cm³/mol. The molecule has 11 heteroatoms. The van der Waals surface area contributed by atoms with Crippen molar-refractivity contribution in [2.24, 2.45) is 5.10 Å². The zero-order chi connectivity index (χ0) is 24.1. The van der Waals surface area contributed by atoms with Gasteiger partial charge in [0.25, 0.3) is 5.69 Å². The zero-order valence-corrected chi connectivity index (χ0v) is 18.3. The van der Waals surface area contributed by atoms with E-state index in [1.54, 1.807) is 18.3 Å². The number of hydrogen-bond acceptors (Lipinski definition) is 8. The highest BCUT2D eigenvalue weighted by atomic mass is 16.6. The number of aromatic amines is 1. The summed E-state index contributed by atoms with van der Waals surface area (Å²) in [6.45, 7) is 3.57. The Morgan fingerprint density at radius 3 is 2.58 bits per heavy atom. The van der Waals surface area contributed by atoms with Gasteiger partial charge in [-0.3, -0.25) is 35.0 Å². The van der Waals surface area contributed by atoms with E-state index in [9.17, 15) is 25.0 Å². The average molecular weight is 450 g/mol. The lowest BCUT2D eigenvalue weighted by atomic mass is 10.1. The van der Waals surface area contributed by atoms with Crippen molar-refractivity contribution in [2.45, 2.75) is 26.7 Å². The lowest BCUT2D eigenvalue weighted by Gasteiger charge is -2.12. The summed E-state index contributed by atoms with van der Waals surface area (Å²) in [6.07, 6.45) is 4.68. The van der Waals surface area contributed by atoms with E-state index < -0.39 is 15.5 Å². The summed E-state index contributed by atoms with van der Waals surface area (Å²) in [5.74, 6) is -0.0110. The monoisotopic (exact) mass is 450 g/mol. The van der Waals surface area contributed by atoms with Crippen LogP contribution in [0.25, 0.3) is 11.3 Å². The molecule has 11 nitrogen and oxygen atoms in total. The van der Waals surface area contributed by atoms with Crippen LogP contribution in [0.4, 0.5) is 17.1 Å². The Morgan fingerprint density at radius 1 is 1.18 bits per heavy atom. The third-order valence-corrected chi connectivity index (χ3v) is 4.95. The maximum Gasteiger partial charge on any atom is 0.301 e. The number of H-pyrrole nitrogens is 1. The first-order valence-corrected chi connectivity index (χ1v) is 10.1. The molecule has 0 saturated carbocycles. The second-order valence-electron chi connectivity index (χ2n) is 7.31. The summed E-state index contributed by atoms with van der Waals surface area (Å²) in [7, 11) is 1.50. The minimum Gasteiger partial charge on any atom is -0.358 e. The molecule has 0 amide bonds. The molecule has 2 aromatic heterocycles. The number of aromatic nitrogens is 2. The molecule has 1 aromatic carbocycles. The topological polar surface area (TPSA) is 148 Å². The van der Waals surface area contributed by atoms with Gasteiger partial charge < -0.3 is 4.98 Å². The summed E-state index contributed by atoms with van der Waals surface area (Å²) < 4.78 is 0. The Bertz CT molecular complexity index is 1250. The predicted octanol–water partition coefficient (Wildman–Crippen LogP) is 4.52. The quantitative estimate of drug-likeness (QED) is 0.218. The number of pyridine rings is 1. The molecular formula is C22H22N6O5. The van der Waals surface area contributed by atoms with Crippen molar-refractivity contribution in [2.75, 3.05) is 12.1 Å². The molecule has 2 heterocycles. The third-order valence-electron chi connectivity index (χ3n) is 4.95. The Morgan fingerprint density at radius 2 is 1.94 bits per heavy atom. The van der Waals surface area contributed by atoms with Gasteiger partial charge in [-0.15, -0.1) is 0 Å². The van der Waals surface area contributed by atoms with Crippen molar-refractivity contribution in [3.8, 4) is 11.3 Å². The number of hydrogen-bond donors (Lipinski definition) is 1. The number of anilines is 1. The molecule has 33 heavy (non-hydrogen) atoms. The van der Waals surface area contributed by atoms with E-state index in [1.165, 1.54) is 37.3 Å². The highest BCUT2D eigenvalue weighted by molar-refractivity contribution is 5.96. The highest BCUT2D eigenvalue weighted by Gasteiger charge is 2.21. The number of nitrogens with zero attached hydrogens (tertiary/aromatic N) is 5. The smallest absolute Gasteiger partial charge is 0.301 e. The molecule has 1 N–H and O–H groups in total. The number of nitrogens with one attached hydrogen (secondary N) is 1.